The summed E-state index contributed by atoms with van der Waals surface area (Å²) in [6.45, 7) is 1.69. The Hall–Kier alpha value is -2.70. The average Bonchev–Trinajstić information content (AvgIpc) is 3.40. The largest absolute Gasteiger partial charge is 0.443 e. The fourth-order valence-electron chi connectivity index (χ4n) is 3.86. The van der Waals surface area contributed by atoms with Crippen LogP contribution in [0.5, 0.6) is 0 Å². The predicted octanol–water partition coefficient (Wildman–Crippen LogP) is 4.11. The van der Waals surface area contributed by atoms with Crippen LogP contribution in [0.3, 0.4) is 0 Å². The Morgan fingerprint density at radius 2 is 2.07 bits per heavy atom. The molecule has 0 aliphatic carbocycles. The molecule has 1 saturated heterocycles. The Morgan fingerprint density at radius 1 is 1.23 bits per heavy atom. The summed E-state index contributed by atoms with van der Waals surface area (Å²) >= 11 is 6.26. The third kappa shape index (κ3) is 4.89. The van der Waals surface area contributed by atoms with Gasteiger partial charge in [-0.1, -0.05) is 35.9 Å². The molecule has 0 bridgehead atoms. The Morgan fingerprint density at radius 3 is 2.87 bits per heavy atom. The summed E-state index contributed by atoms with van der Waals surface area (Å²) in [7, 11) is 1.94. The first kappa shape index (κ1) is 20.6. The second kappa shape index (κ2) is 9.41. The molecule has 2 aromatic heterocycles. The van der Waals surface area contributed by atoms with E-state index in [4.69, 9.17) is 16.0 Å². The van der Waals surface area contributed by atoms with Gasteiger partial charge in [0.25, 0.3) is 0 Å². The van der Waals surface area contributed by atoms with Crippen molar-refractivity contribution >= 4 is 17.5 Å². The Labute approximate surface area is 181 Å². The minimum absolute atomic E-state index is 0.0850. The van der Waals surface area contributed by atoms with Gasteiger partial charge in [-0.25, -0.2) is 4.98 Å². The predicted molar refractivity (Wildman–Crippen MR) is 115 cm³/mol. The van der Waals surface area contributed by atoms with Gasteiger partial charge in [-0.2, -0.15) is 0 Å². The first-order valence-corrected chi connectivity index (χ1v) is 10.5. The van der Waals surface area contributed by atoms with Gasteiger partial charge in [-0.15, -0.1) is 0 Å². The van der Waals surface area contributed by atoms with Crippen molar-refractivity contribution in [2.45, 2.75) is 31.8 Å². The van der Waals surface area contributed by atoms with Crippen LogP contribution in [0.1, 0.15) is 41.8 Å². The molecule has 0 radical (unpaired) electrons. The number of aromatic nitrogens is 2. The normalized spacial score (nSPS) is 16.4. The number of oxazole rings is 1. The van der Waals surface area contributed by atoms with Gasteiger partial charge in [0.05, 0.1) is 18.4 Å². The second-order valence-corrected chi connectivity index (χ2v) is 8.08. The van der Waals surface area contributed by atoms with E-state index in [1.807, 2.05) is 59.3 Å². The summed E-state index contributed by atoms with van der Waals surface area (Å²) < 4.78 is 6.02. The van der Waals surface area contributed by atoms with E-state index < -0.39 is 0 Å². The lowest BCUT2D eigenvalue weighted by molar-refractivity contribution is -0.133. The fourth-order valence-corrected chi connectivity index (χ4v) is 4.06. The Bertz CT molecular complexity index is 992. The number of hydrogen-bond donors (Lipinski definition) is 0. The smallest absolute Gasteiger partial charge is 0.237 e. The standard InChI is InChI=1S/C23H25ClN4O2/c1-27(15-18-8-4-5-11-25-18)16-22(29)28-12-6-10-21(28)23-26-14-19(30-23)13-17-7-2-3-9-20(17)24/h2-5,7-9,11,14,21H,6,10,12-13,15-16H2,1H3/t21-/m1/s1. The Kier molecular flexibility index (Phi) is 6.45. The van der Waals surface area contributed by atoms with Crippen LogP contribution in [0.25, 0.3) is 0 Å². The first-order chi connectivity index (χ1) is 14.6. The number of rotatable bonds is 7. The van der Waals surface area contributed by atoms with E-state index in [0.717, 1.165) is 36.4 Å². The first-order valence-electron chi connectivity index (χ1n) is 10.2. The van der Waals surface area contributed by atoms with E-state index >= 15 is 0 Å². The molecule has 1 aromatic carbocycles. The van der Waals surface area contributed by atoms with E-state index in [-0.39, 0.29) is 11.9 Å². The van der Waals surface area contributed by atoms with Gasteiger partial charge in [0, 0.05) is 30.7 Å². The molecule has 1 aliphatic heterocycles. The van der Waals surface area contributed by atoms with Crippen molar-refractivity contribution in [2.24, 2.45) is 0 Å². The highest BCUT2D eigenvalue weighted by Crippen LogP contribution is 2.32. The molecule has 1 atom stereocenters. The summed E-state index contributed by atoms with van der Waals surface area (Å²) in [5, 5.41) is 0.712. The summed E-state index contributed by atoms with van der Waals surface area (Å²) in [4.78, 5) is 25.6. The number of carbonyl (C=O) groups excluding carboxylic acids is 1. The molecule has 1 aliphatic rings. The van der Waals surface area contributed by atoms with Gasteiger partial charge in [-0.05, 0) is 43.7 Å². The van der Waals surface area contributed by atoms with Crippen LogP contribution in [0.4, 0.5) is 0 Å². The zero-order chi connectivity index (χ0) is 20.9. The maximum Gasteiger partial charge on any atom is 0.237 e. The number of likely N-dealkylation sites (N-methyl/N-ethyl adjacent to an activating group) is 1. The van der Waals surface area contributed by atoms with Gasteiger partial charge < -0.3 is 9.32 Å². The highest BCUT2D eigenvalue weighted by Gasteiger charge is 2.33. The molecule has 4 rings (SSSR count). The van der Waals surface area contributed by atoms with E-state index in [1.54, 1.807) is 12.4 Å². The molecule has 1 fully saturated rings. The number of benzene rings is 1. The van der Waals surface area contributed by atoms with Crippen molar-refractivity contribution in [3.05, 3.63) is 82.8 Å². The zero-order valence-corrected chi connectivity index (χ0v) is 17.8. The van der Waals surface area contributed by atoms with Crippen molar-refractivity contribution in [3.63, 3.8) is 0 Å². The molecule has 30 heavy (non-hydrogen) atoms. The second-order valence-electron chi connectivity index (χ2n) is 7.67. The molecule has 3 heterocycles. The number of likely N-dealkylation sites (tertiary alicyclic amines) is 1. The number of halogens is 1. The minimum atomic E-state index is -0.110. The highest BCUT2D eigenvalue weighted by molar-refractivity contribution is 6.31. The van der Waals surface area contributed by atoms with Crippen LogP contribution >= 0.6 is 11.6 Å². The lowest BCUT2D eigenvalue weighted by Gasteiger charge is -2.25. The van der Waals surface area contributed by atoms with Gasteiger partial charge in [-0.3, -0.25) is 14.7 Å². The summed E-state index contributed by atoms with van der Waals surface area (Å²) in [5.41, 5.74) is 1.94. The van der Waals surface area contributed by atoms with Crippen LogP contribution in [-0.4, -0.2) is 45.8 Å². The molecule has 3 aromatic rings. The number of hydrogen-bond acceptors (Lipinski definition) is 5. The van der Waals surface area contributed by atoms with Crippen LogP contribution < -0.4 is 0 Å². The molecular weight excluding hydrogens is 400 g/mol. The van der Waals surface area contributed by atoms with Crippen LogP contribution in [0, 0.1) is 0 Å². The lowest BCUT2D eigenvalue weighted by atomic mass is 10.1. The van der Waals surface area contributed by atoms with Crippen molar-refractivity contribution in [2.75, 3.05) is 20.1 Å². The van der Waals surface area contributed by atoms with Crippen molar-refractivity contribution in [3.8, 4) is 0 Å². The molecule has 6 nitrogen and oxygen atoms in total. The summed E-state index contributed by atoms with van der Waals surface area (Å²) in [6.07, 6.45) is 5.90. The van der Waals surface area contributed by atoms with Crippen molar-refractivity contribution in [1.82, 2.24) is 19.8 Å². The van der Waals surface area contributed by atoms with E-state index in [1.165, 1.54) is 0 Å². The number of pyridine rings is 1. The molecule has 0 spiro atoms. The maximum atomic E-state index is 12.9. The maximum absolute atomic E-state index is 12.9. The van der Waals surface area contributed by atoms with Crippen LogP contribution in [0.2, 0.25) is 5.02 Å². The van der Waals surface area contributed by atoms with Crippen LogP contribution in [-0.2, 0) is 17.8 Å². The lowest BCUT2D eigenvalue weighted by Crippen LogP contribution is -2.38. The van der Waals surface area contributed by atoms with Crippen molar-refractivity contribution in [1.29, 1.82) is 0 Å². The molecule has 0 saturated carbocycles. The van der Waals surface area contributed by atoms with Gasteiger partial charge >= 0.3 is 0 Å². The van der Waals surface area contributed by atoms with E-state index in [0.29, 0.717) is 30.4 Å². The van der Waals surface area contributed by atoms with E-state index in [9.17, 15) is 4.79 Å². The third-order valence-electron chi connectivity index (χ3n) is 5.32. The summed E-state index contributed by atoms with van der Waals surface area (Å²) in [6, 6.07) is 13.4. The molecule has 0 unspecified atom stereocenters. The van der Waals surface area contributed by atoms with Gasteiger partial charge in [0.1, 0.15) is 11.8 Å². The number of carbonyl (C=O) groups is 1. The quantitative estimate of drug-likeness (QED) is 0.571. The number of amides is 1. The van der Waals surface area contributed by atoms with Crippen LogP contribution in [0.15, 0.2) is 59.3 Å². The molecule has 7 heteroatoms. The summed E-state index contributed by atoms with van der Waals surface area (Å²) in [5.74, 6) is 1.45. The third-order valence-corrected chi connectivity index (χ3v) is 5.68. The van der Waals surface area contributed by atoms with E-state index in [2.05, 4.69) is 9.97 Å². The SMILES string of the molecule is CN(CC(=O)N1CCC[C@@H]1c1ncc(Cc2ccccc2Cl)o1)Cc1ccccn1. The molecule has 0 N–H and O–H groups in total. The zero-order valence-electron chi connectivity index (χ0n) is 17.0. The highest BCUT2D eigenvalue weighted by atomic mass is 35.5. The minimum Gasteiger partial charge on any atom is -0.443 e. The van der Waals surface area contributed by atoms with Crippen molar-refractivity contribution < 1.29 is 9.21 Å². The average molecular weight is 425 g/mol. The molecule has 156 valence electrons. The van der Waals surface area contributed by atoms with Gasteiger partial charge in [0.2, 0.25) is 11.8 Å². The topological polar surface area (TPSA) is 62.5 Å². The fraction of sp³-hybridized carbons (Fsp3) is 0.348. The molecule has 1 amide bonds. The Balaban J connectivity index is 1.39. The monoisotopic (exact) mass is 424 g/mol. The number of nitrogens with zero attached hydrogens (tertiary/aromatic N) is 4. The van der Waals surface area contributed by atoms with Gasteiger partial charge in [0.15, 0.2) is 0 Å². The molecular formula is C23H25ClN4O2.